The third kappa shape index (κ3) is 5.60. The molecular weight excluding hydrogens is 596 g/mol. The lowest BCUT2D eigenvalue weighted by Gasteiger charge is -2.15. The summed E-state index contributed by atoms with van der Waals surface area (Å²) in [6.07, 6.45) is 1.61. The number of nitrogens with zero attached hydrogens (tertiary/aromatic N) is 3. The monoisotopic (exact) mass is 619 g/mol. The van der Waals surface area contributed by atoms with Crippen molar-refractivity contribution in [3.05, 3.63) is 122 Å². The molecule has 0 saturated carbocycles. The summed E-state index contributed by atoms with van der Waals surface area (Å²) < 4.78 is 27.3. The Labute approximate surface area is 232 Å². The number of ether oxygens (including phenoxy) is 2. The largest absolute Gasteiger partial charge is 0.490 e. The van der Waals surface area contributed by atoms with Crippen molar-refractivity contribution in [2.75, 3.05) is 6.61 Å². The number of benzene rings is 4. The number of hydrogen-bond acceptors (Lipinski definition) is 5. The molecule has 1 heterocycles. The number of aromatic nitrogens is 2. The molecule has 0 unspecified atom stereocenters. The molecule has 4 aromatic carbocycles. The van der Waals surface area contributed by atoms with E-state index in [0.717, 1.165) is 20.3 Å². The van der Waals surface area contributed by atoms with Crippen molar-refractivity contribution in [1.82, 2.24) is 9.66 Å². The minimum Gasteiger partial charge on any atom is -0.490 e. The molecule has 6 nitrogen and oxygen atoms in total. The second-order valence-corrected chi connectivity index (χ2v) is 9.52. The summed E-state index contributed by atoms with van der Waals surface area (Å²) in [6.45, 7) is 2.60. The van der Waals surface area contributed by atoms with Gasteiger partial charge < -0.3 is 9.47 Å². The van der Waals surface area contributed by atoms with E-state index in [2.05, 4.69) is 27.7 Å². The average Bonchev–Trinajstić information content (AvgIpc) is 2.93. The van der Waals surface area contributed by atoms with Crippen molar-refractivity contribution in [1.29, 1.82) is 0 Å². The van der Waals surface area contributed by atoms with Crippen LogP contribution in [0.4, 0.5) is 4.39 Å². The lowest BCUT2D eigenvalue weighted by molar-refractivity contribution is 0.267. The molecule has 0 aliphatic carbocycles. The van der Waals surface area contributed by atoms with E-state index < -0.39 is 0 Å². The second kappa shape index (κ2) is 11.6. The Balaban J connectivity index is 1.52. The minimum atomic E-state index is -0.293. The standard InChI is InChI=1S/C30H23FIN3O3/c1-2-37-27-17-21(16-25(32)28(27)38-19-20-12-14-23(31)15-13-20)18-33-35-29(22-8-4-3-5-9-22)34-26-11-7-6-10-24(26)30(35)36/h3-18H,2,19H2,1H3. The summed E-state index contributed by atoms with van der Waals surface area (Å²) in [5.41, 5.74) is 2.70. The summed E-state index contributed by atoms with van der Waals surface area (Å²) in [6, 6.07) is 26.6. The normalized spacial score (nSPS) is 11.2. The van der Waals surface area contributed by atoms with Crippen molar-refractivity contribution >= 4 is 39.7 Å². The average molecular weight is 619 g/mol. The van der Waals surface area contributed by atoms with Gasteiger partial charge in [0.25, 0.3) is 5.56 Å². The molecule has 0 bridgehead atoms. The SMILES string of the molecule is CCOc1cc(C=Nn2c(-c3ccccc3)nc3ccccc3c2=O)cc(I)c1OCc1ccc(F)cc1. The molecule has 0 aliphatic rings. The van der Waals surface area contributed by atoms with Crippen molar-refractivity contribution < 1.29 is 13.9 Å². The maximum absolute atomic E-state index is 13.4. The van der Waals surface area contributed by atoms with Gasteiger partial charge in [-0.15, -0.1) is 0 Å². The van der Waals surface area contributed by atoms with Crippen LogP contribution >= 0.6 is 22.6 Å². The Morgan fingerprint density at radius 2 is 1.71 bits per heavy atom. The van der Waals surface area contributed by atoms with E-state index in [1.165, 1.54) is 16.8 Å². The first-order valence-corrected chi connectivity index (χ1v) is 13.1. The molecule has 190 valence electrons. The maximum atomic E-state index is 13.4. The summed E-state index contributed by atoms with van der Waals surface area (Å²) in [4.78, 5) is 18.2. The molecule has 38 heavy (non-hydrogen) atoms. The Morgan fingerprint density at radius 3 is 2.47 bits per heavy atom. The van der Waals surface area contributed by atoms with Crippen LogP contribution in [-0.2, 0) is 6.61 Å². The Morgan fingerprint density at radius 1 is 0.974 bits per heavy atom. The summed E-state index contributed by atoms with van der Waals surface area (Å²) >= 11 is 2.18. The zero-order valence-corrected chi connectivity index (χ0v) is 22.6. The fourth-order valence-electron chi connectivity index (χ4n) is 3.93. The van der Waals surface area contributed by atoms with E-state index in [1.807, 2.05) is 67.6 Å². The molecule has 0 spiro atoms. The zero-order chi connectivity index (χ0) is 26.5. The van der Waals surface area contributed by atoms with Crippen LogP contribution in [0.5, 0.6) is 11.5 Å². The van der Waals surface area contributed by atoms with E-state index in [-0.39, 0.29) is 18.0 Å². The number of hydrogen-bond donors (Lipinski definition) is 0. The highest BCUT2D eigenvalue weighted by atomic mass is 127. The number of fused-ring (bicyclic) bond motifs is 1. The summed E-state index contributed by atoms with van der Waals surface area (Å²) in [5, 5.41) is 5.04. The number of rotatable bonds is 8. The van der Waals surface area contributed by atoms with Gasteiger partial charge in [0.15, 0.2) is 17.3 Å². The highest BCUT2D eigenvalue weighted by Gasteiger charge is 2.14. The molecule has 0 fully saturated rings. The summed E-state index contributed by atoms with van der Waals surface area (Å²) in [5.74, 6) is 1.29. The lowest BCUT2D eigenvalue weighted by Crippen LogP contribution is -2.20. The van der Waals surface area contributed by atoms with Crippen molar-refractivity contribution in [2.45, 2.75) is 13.5 Å². The predicted molar refractivity (Wildman–Crippen MR) is 155 cm³/mol. The minimum absolute atomic E-state index is 0.260. The van der Waals surface area contributed by atoms with E-state index in [1.54, 1.807) is 24.4 Å². The summed E-state index contributed by atoms with van der Waals surface area (Å²) in [7, 11) is 0. The van der Waals surface area contributed by atoms with Crippen molar-refractivity contribution in [2.24, 2.45) is 5.10 Å². The van der Waals surface area contributed by atoms with Gasteiger partial charge in [0.2, 0.25) is 0 Å². The fraction of sp³-hybridized carbons (Fsp3) is 0.100. The number of halogens is 2. The van der Waals surface area contributed by atoms with Gasteiger partial charge in [-0.05, 0) is 77.0 Å². The fourth-order valence-corrected chi connectivity index (χ4v) is 4.71. The van der Waals surface area contributed by atoms with E-state index in [0.29, 0.717) is 34.8 Å². The molecular formula is C30H23FIN3O3. The Hall–Kier alpha value is -4.05. The van der Waals surface area contributed by atoms with Crippen LogP contribution in [0.15, 0.2) is 101 Å². The molecule has 5 aromatic rings. The first-order valence-electron chi connectivity index (χ1n) is 12.0. The van der Waals surface area contributed by atoms with Crippen LogP contribution in [-0.4, -0.2) is 22.5 Å². The smallest absolute Gasteiger partial charge is 0.282 e. The van der Waals surface area contributed by atoms with Gasteiger partial charge in [0.05, 0.1) is 27.3 Å². The first kappa shape index (κ1) is 25.6. The lowest BCUT2D eigenvalue weighted by atomic mass is 10.2. The molecule has 0 N–H and O–H groups in total. The van der Waals surface area contributed by atoms with Crippen LogP contribution in [0.25, 0.3) is 22.3 Å². The van der Waals surface area contributed by atoms with Gasteiger partial charge in [0.1, 0.15) is 12.4 Å². The molecule has 0 aliphatic heterocycles. The van der Waals surface area contributed by atoms with E-state index >= 15 is 0 Å². The van der Waals surface area contributed by atoms with Gasteiger partial charge in [-0.2, -0.15) is 9.78 Å². The van der Waals surface area contributed by atoms with Gasteiger partial charge in [-0.3, -0.25) is 4.79 Å². The van der Waals surface area contributed by atoms with Gasteiger partial charge in [-0.25, -0.2) is 9.37 Å². The van der Waals surface area contributed by atoms with E-state index in [9.17, 15) is 9.18 Å². The molecule has 0 saturated heterocycles. The van der Waals surface area contributed by atoms with Gasteiger partial charge in [-0.1, -0.05) is 54.6 Å². The Bertz CT molecular complexity index is 1670. The van der Waals surface area contributed by atoms with Crippen LogP contribution < -0.4 is 15.0 Å². The number of para-hydroxylation sites is 1. The Kier molecular flexibility index (Phi) is 7.78. The van der Waals surface area contributed by atoms with Crippen LogP contribution in [0, 0.1) is 9.39 Å². The molecule has 5 rings (SSSR count). The molecule has 0 atom stereocenters. The third-order valence-electron chi connectivity index (χ3n) is 5.74. The first-order chi connectivity index (χ1) is 18.5. The zero-order valence-electron chi connectivity index (χ0n) is 20.5. The molecule has 8 heteroatoms. The van der Waals surface area contributed by atoms with Crippen LogP contribution in [0.2, 0.25) is 0 Å². The van der Waals surface area contributed by atoms with Crippen molar-refractivity contribution in [3.8, 4) is 22.9 Å². The maximum Gasteiger partial charge on any atom is 0.282 e. The van der Waals surface area contributed by atoms with Gasteiger partial charge >= 0.3 is 0 Å². The molecule has 0 radical (unpaired) electrons. The molecule has 0 amide bonds. The van der Waals surface area contributed by atoms with E-state index in [4.69, 9.17) is 14.5 Å². The molecule has 1 aromatic heterocycles. The quantitative estimate of drug-likeness (QED) is 0.144. The highest BCUT2D eigenvalue weighted by Crippen LogP contribution is 2.34. The van der Waals surface area contributed by atoms with Crippen LogP contribution in [0.1, 0.15) is 18.1 Å². The van der Waals surface area contributed by atoms with Gasteiger partial charge in [0, 0.05) is 5.56 Å². The van der Waals surface area contributed by atoms with Crippen LogP contribution in [0.3, 0.4) is 0 Å². The third-order valence-corrected chi connectivity index (χ3v) is 6.54. The topological polar surface area (TPSA) is 65.7 Å². The van der Waals surface area contributed by atoms with Crippen molar-refractivity contribution in [3.63, 3.8) is 0 Å². The highest BCUT2D eigenvalue weighted by molar-refractivity contribution is 14.1. The predicted octanol–water partition coefficient (Wildman–Crippen LogP) is 6.67. The second-order valence-electron chi connectivity index (χ2n) is 8.36.